The lowest BCUT2D eigenvalue weighted by Gasteiger charge is -2.22. The predicted molar refractivity (Wildman–Crippen MR) is 85.3 cm³/mol. The van der Waals surface area contributed by atoms with E-state index in [1.807, 2.05) is 19.3 Å². The van der Waals surface area contributed by atoms with Gasteiger partial charge in [0.15, 0.2) is 5.96 Å². The van der Waals surface area contributed by atoms with E-state index in [2.05, 4.69) is 33.2 Å². The molecule has 1 aliphatic rings. The average molecular weight is 290 g/mol. The Bertz CT molecular complexity index is 471. The quantitative estimate of drug-likeness (QED) is 0.473. The molecule has 0 saturated heterocycles. The average Bonchev–Trinajstić information content (AvgIpc) is 3.30. The van der Waals surface area contributed by atoms with Crippen LogP contribution in [0, 0.1) is 12.8 Å². The molecule has 0 radical (unpaired) electrons. The van der Waals surface area contributed by atoms with Crippen molar-refractivity contribution in [3.8, 4) is 0 Å². The van der Waals surface area contributed by atoms with Crippen molar-refractivity contribution in [3.63, 3.8) is 0 Å². The van der Waals surface area contributed by atoms with Crippen molar-refractivity contribution in [2.75, 3.05) is 33.9 Å². The molecule has 2 rings (SSSR count). The molecule has 1 aliphatic carbocycles. The molecule has 1 saturated carbocycles. The highest BCUT2D eigenvalue weighted by atomic mass is 16.5. The lowest BCUT2D eigenvalue weighted by Crippen LogP contribution is -2.40. The van der Waals surface area contributed by atoms with Gasteiger partial charge in [0.1, 0.15) is 0 Å². The van der Waals surface area contributed by atoms with Gasteiger partial charge in [-0.2, -0.15) is 0 Å². The third-order valence-corrected chi connectivity index (χ3v) is 3.73. The van der Waals surface area contributed by atoms with Crippen molar-refractivity contribution in [3.05, 3.63) is 29.6 Å². The largest absolute Gasteiger partial charge is 0.379 e. The maximum atomic E-state index is 5.67. The predicted octanol–water partition coefficient (Wildman–Crippen LogP) is 1.82. The van der Waals surface area contributed by atoms with E-state index in [9.17, 15) is 0 Å². The lowest BCUT2D eigenvalue weighted by molar-refractivity contribution is 0.115. The fourth-order valence-electron chi connectivity index (χ4n) is 2.09. The summed E-state index contributed by atoms with van der Waals surface area (Å²) in [6, 6.07) is 4.03. The molecule has 5 heteroatoms. The summed E-state index contributed by atoms with van der Waals surface area (Å²) in [5.74, 6) is 1.69. The Labute approximate surface area is 127 Å². The first-order valence-electron chi connectivity index (χ1n) is 7.60. The fourth-order valence-corrected chi connectivity index (χ4v) is 2.09. The van der Waals surface area contributed by atoms with Crippen LogP contribution < -0.4 is 5.32 Å². The Balaban J connectivity index is 1.72. The van der Waals surface area contributed by atoms with Crippen molar-refractivity contribution >= 4 is 5.96 Å². The van der Waals surface area contributed by atoms with E-state index in [1.54, 1.807) is 7.05 Å². The number of likely N-dealkylation sites (N-methyl/N-ethyl adjacent to an activating group) is 1. The molecule has 1 aromatic rings. The third kappa shape index (κ3) is 5.34. The molecule has 0 amide bonds. The minimum atomic E-state index is 0.687. The molecule has 0 bridgehead atoms. The van der Waals surface area contributed by atoms with Gasteiger partial charge in [-0.15, -0.1) is 0 Å². The standard InChI is InChI=1S/C16H26N4O/c1-13-5-4-8-18-15(13)11-19-16(17-2)20(3)9-10-21-12-14-6-7-14/h4-5,8,14H,6-7,9-12H2,1-3H3,(H,17,19). The highest BCUT2D eigenvalue weighted by Crippen LogP contribution is 2.28. The SMILES string of the molecule is CN=C(NCc1ncccc1C)N(C)CCOCC1CC1. The van der Waals surface area contributed by atoms with Gasteiger partial charge >= 0.3 is 0 Å². The first-order chi connectivity index (χ1) is 10.2. The van der Waals surface area contributed by atoms with Crippen molar-refractivity contribution < 1.29 is 4.74 Å². The van der Waals surface area contributed by atoms with E-state index in [1.165, 1.54) is 18.4 Å². The van der Waals surface area contributed by atoms with Crippen LogP contribution in [0.4, 0.5) is 0 Å². The zero-order valence-electron chi connectivity index (χ0n) is 13.3. The highest BCUT2D eigenvalue weighted by Gasteiger charge is 2.21. The van der Waals surface area contributed by atoms with Crippen LogP contribution in [0.2, 0.25) is 0 Å². The molecule has 1 heterocycles. The zero-order chi connectivity index (χ0) is 15.1. The second kappa shape index (κ2) is 7.98. The van der Waals surface area contributed by atoms with Gasteiger partial charge in [-0.05, 0) is 37.3 Å². The van der Waals surface area contributed by atoms with Crippen molar-refractivity contribution in [1.82, 2.24) is 15.2 Å². The van der Waals surface area contributed by atoms with Crippen LogP contribution in [-0.2, 0) is 11.3 Å². The van der Waals surface area contributed by atoms with Gasteiger partial charge in [-0.1, -0.05) is 6.07 Å². The van der Waals surface area contributed by atoms with Crippen molar-refractivity contribution in [1.29, 1.82) is 0 Å². The van der Waals surface area contributed by atoms with Gasteiger partial charge in [0.25, 0.3) is 0 Å². The third-order valence-electron chi connectivity index (χ3n) is 3.73. The van der Waals surface area contributed by atoms with Crippen LogP contribution in [0.5, 0.6) is 0 Å². The van der Waals surface area contributed by atoms with E-state index >= 15 is 0 Å². The summed E-state index contributed by atoms with van der Waals surface area (Å²) in [5, 5.41) is 3.35. The second-order valence-corrected chi connectivity index (χ2v) is 5.61. The number of pyridine rings is 1. The number of aliphatic imine (C=N–C) groups is 1. The van der Waals surface area contributed by atoms with E-state index in [0.717, 1.165) is 37.3 Å². The normalized spacial score (nSPS) is 15.1. The molecule has 5 nitrogen and oxygen atoms in total. The fraction of sp³-hybridized carbons (Fsp3) is 0.625. The van der Waals surface area contributed by atoms with Gasteiger partial charge in [0.05, 0.1) is 18.8 Å². The Morgan fingerprint density at radius 1 is 1.52 bits per heavy atom. The number of guanidine groups is 1. The molecular formula is C16H26N4O. The number of nitrogens with one attached hydrogen (secondary N) is 1. The Morgan fingerprint density at radius 2 is 2.33 bits per heavy atom. The van der Waals surface area contributed by atoms with Gasteiger partial charge < -0.3 is 15.0 Å². The number of rotatable bonds is 7. The first-order valence-corrected chi connectivity index (χ1v) is 7.60. The Kier molecular flexibility index (Phi) is 5.99. The van der Waals surface area contributed by atoms with Gasteiger partial charge in [0, 0.05) is 33.4 Å². The van der Waals surface area contributed by atoms with Crippen molar-refractivity contribution in [2.24, 2.45) is 10.9 Å². The first kappa shape index (κ1) is 15.8. The van der Waals surface area contributed by atoms with Crippen LogP contribution in [0.15, 0.2) is 23.3 Å². The van der Waals surface area contributed by atoms with Crippen LogP contribution in [-0.4, -0.2) is 49.7 Å². The minimum absolute atomic E-state index is 0.687. The summed E-state index contributed by atoms with van der Waals surface area (Å²) in [6.45, 7) is 5.26. The summed E-state index contributed by atoms with van der Waals surface area (Å²) < 4.78 is 5.67. The summed E-state index contributed by atoms with van der Waals surface area (Å²) in [7, 11) is 3.83. The number of ether oxygens (including phenoxy) is 1. The summed E-state index contributed by atoms with van der Waals surface area (Å²) in [6.07, 6.45) is 4.49. The van der Waals surface area contributed by atoms with Crippen molar-refractivity contribution in [2.45, 2.75) is 26.3 Å². The molecule has 0 spiro atoms. The van der Waals surface area contributed by atoms with E-state index in [4.69, 9.17) is 4.74 Å². The smallest absolute Gasteiger partial charge is 0.193 e. The monoisotopic (exact) mass is 290 g/mol. The molecular weight excluding hydrogens is 264 g/mol. The van der Waals surface area contributed by atoms with E-state index < -0.39 is 0 Å². The number of hydrogen-bond acceptors (Lipinski definition) is 3. The molecule has 116 valence electrons. The molecule has 21 heavy (non-hydrogen) atoms. The molecule has 0 aliphatic heterocycles. The van der Waals surface area contributed by atoms with Crippen LogP contribution in [0.25, 0.3) is 0 Å². The van der Waals surface area contributed by atoms with Gasteiger partial charge in [-0.25, -0.2) is 0 Å². The number of aromatic nitrogens is 1. The molecule has 1 aromatic heterocycles. The van der Waals surface area contributed by atoms with Crippen LogP contribution in [0.3, 0.4) is 0 Å². The van der Waals surface area contributed by atoms with E-state index in [0.29, 0.717) is 6.54 Å². The van der Waals surface area contributed by atoms with Crippen LogP contribution in [0.1, 0.15) is 24.1 Å². The summed E-state index contributed by atoms with van der Waals surface area (Å²) >= 11 is 0. The maximum Gasteiger partial charge on any atom is 0.193 e. The topological polar surface area (TPSA) is 49.8 Å². The number of aryl methyl sites for hydroxylation is 1. The number of hydrogen-bond donors (Lipinski definition) is 1. The summed E-state index contributed by atoms with van der Waals surface area (Å²) in [5.41, 5.74) is 2.24. The Hall–Kier alpha value is -1.62. The lowest BCUT2D eigenvalue weighted by atomic mass is 10.2. The number of nitrogens with zero attached hydrogens (tertiary/aromatic N) is 3. The summed E-state index contributed by atoms with van der Waals surface area (Å²) in [4.78, 5) is 10.8. The molecule has 0 atom stereocenters. The van der Waals surface area contributed by atoms with Crippen LogP contribution >= 0.6 is 0 Å². The highest BCUT2D eigenvalue weighted by molar-refractivity contribution is 5.79. The van der Waals surface area contributed by atoms with E-state index in [-0.39, 0.29) is 0 Å². The minimum Gasteiger partial charge on any atom is -0.379 e. The zero-order valence-corrected chi connectivity index (χ0v) is 13.3. The molecule has 0 aromatic carbocycles. The molecule has 1 N–H and O–H groups in total. The molecule has 1 fully saturated rings. The molecule has 0 unspecified atom stereocenters. The maximum absolute atomic E-state index is 5.67. The Morgan fingerprint density at radius 3 is 3.00 bits per heavy atom. The van der Waals surface area contributed by atoms with Gasteiger partial charge in [0.2, 0.25) is 0 Å². The second-order valence-electron chi connectivity index (χ2n) is 5.61. The van der Waals surface area contributed by atoms with Gasteiger partial charge in [-0.3, -0.25) is 9.98 Å².